The summed E-state index contributed by atoms with van der Waals surface area (Å²) < 4.78 is 55.4. The predicted octanol–water partition coefficient (Wildman–Crippen LogP) is 3.20. The van der Waals surface area contributed by atoms with Crippen molar-refractivity contribution in [1.29, 1.82) is 0 Å². The number of carbonyl (C=O) groups excluding carboxylic acids is 1. The Hall–Kier alpha value is -3.01. The number of amidine groups is 1. The molecular weight excluding hydrogens is 428 g/mol. The summed E-state index contributed by atoms with van der Waals surface area (Å²) in [6, 6.07) is 12.9. The largest absolute Gasteiger partial charge is 0.435 e. The number of nitrogens with one attached hydrogen (secondary N) is 2. The zero-order valence-electron chi connectivity index (χ0n) is 16.7. The molecule has 1 heterocycles. The van der Waals surface area contributed by atoms with Crippen molar-refractivity contribution in [3.05, 3.63) is 59.7 Å². The highest BCUT2D eigenvalue weighted by Crippen LogP contribution is 2.22. The van der Waals surface area contributed by atoms with Crippen molar-refractivity contribution >= 4 is 21.8 Å². The van der Waals surface area contributed by atoms with Crippen molar-refractivity contribution in [3.8, 4) is 5.75 Å². The van der Waals surface area contributed by atoms with E-state index in [1.54, 1.807) is 36.4 Å². The molecule has 0 saturated heterocycles. The molecule has 0 bridgehead atoms. The smallest absolute Gasteiger partial charge is 0.387 e. The standard InChI is InChI=1S/C21H23F2N3O4S/c22-21(23)30-16-8-6-7-15(13-16)14-25-19(27)11-2-1-5-12-24-20-17-9-3-4-10-18(17)31(28,29)26-20/h3-4,6-10,13,21H,1-2,5,11-12,14H2,(H,24,26)(H,25,27). The number of rotatable bonds is 10. The molecule has 2 aromatic carbocycles. The Morgan fingerprint density at radius 3 is 2.71 bits per heavy atom. The van der Waals surface area contributed by atoms with Crippen LogP contribution < -0.4 is 14.8 Å². The number of aliphatic imine (C=N–C) groups is 1. The Labute approximate surface area is 179 Å². The monoisotopic (exact) mass is 451 g/mol. The SMILES string of the molecule is O=C(CCCCCN=C1NS(=O)(=O)c2ccccc21)NCc1cccc(OC(F)F)c1. The van der Waals surface area contributed by atoms with Crippen LogP contribution >= 0.6 is 0 Å². The van der Waals surface area contributed by atoms with E-state index in [1.165, 1.54) is 12.1 Å². The molecule has 0 aliphatic carbocycles. The Morgan fingerprint density at radius 1 is 1.10 bits per heavy atom. The van der Waals surface area contributed by atoms with E-state index < -0.39 is 16.6 Å². The van der Waals surface area contributed by atoms with E-state index in [4.69, 9.17) is 0 Å². The van der Waals surface area contributed by atoms with E-state index in [9.17, 15) is 22.0 Å². The summed E-state index contributed by atoms with van der Waals surface area (Å²) >= 11 is 0. The van der Waals surface area contributed by atoms with Crippen LogP contribution in [0.1, 0.15) is 36.8 Å². The molecule has 2 aromatic rings. The average Bonchev–Trinajstić information content (AvgIpc) is 2.99. The second-order valence-electron chi connectivity index (χ2n) is 6.95. The fourth-order valence-electron chi connectivity index (χ4n) is 3.14. The van der Waals surface area contributed by atoms with Gasteiger partial charge in [-0.3, -0.25) is 14.5 Å². The summed E-state index contributed by atoms with van der Waals surface area (Å²) in [6.45, 7) is -2.21. The highest BCUT2D eigenvalue weighted by molar-refractivity contribution is 7.90. The van der Waals surface area contributed by atoms with Crippen molar-refractivity contribution < 1.29 is 26.7 Å². The molecule has 1 aliphatic rings. The zero-order chi connectivity index (χ0) is 22.3. The molecule has 0 aromatic heterocycles. The summed E-state index contributed by atoms with van der Waals surface area (Å²) in [5.41, 5.74) is 1.24. The van der Waals surface area contributed by atoms with E-state index in [0.29, 0.717) is 42.8 Å². The summed E-state index contributed by atoms with van der Waals surface area (Å²) in [4.78, 5) is 16.5. The van der Waals surface area contributed by atoms with Gasteiger partial charge >= 0.3 is 6.61 Å². The number of amides is 1. The third-order valence-electron chi connectivity index (χ3n) is 4.61. The van der Waals surface area contributed by atoms with E-state index in [-0.39, 0.29) is 23.1 Å². The van der Waals surface area contributed by atoms with Crippen LogP contribution in [-0.2, 0) is 21.4 Å². The number of hydrogen-bond acceptors (Lipinski definition) is 5. The van der Waals surface area contributed by atoms with Gasteiger partial charge in [-0.2, -0.15) is 8.78 Å². The molecule has 0 fully saturated rings. The van der Waals surface area contributed by atoms with Gasteiger partial charge in [-0.25, -0.2) is 8.42 Å². The zero-order valence-corrected chi connectivity index (χ0v) is 17.5. The minimum Gasteiger partial charge on any atom is -0.435 e. The first-order valence-electron chi connectivity index (χ1n) is 9.82. The number of ether oxygens (including phenoxy) is 1. The molecule has 0 unspecified atom stereocenters. The van der Waals surface area contributed by atoms with Crippen LogP contribution in [0.2, 0.25) is 0 Å². The Balaban J connectivity index is 1.35. The maximum absolute atomic E-state index is 12.3. The minimum absolute atomic E-state index is 0.0514. The molecule has 31 heavy (non-hydrogen) atoms. The first-order valence-corrected chi connectivity index (χ1v) is 11.3. The van der Waals surface area contributed by atoms with Crippen molar-refractivity contribution in [3.63, 3.8) is 0 Å². The van der Waals surface area contributed by atoms with Crippen LogP contribution in [0.4, 0.5) is 8.78 Å². The highest BCUT2D eigenvalue weighted by atomic mass is 32.2. The molecule has 2 N–H and O–H groups in total. The molecular formula is C21H23F2N3O4S. The number of carbonyl (C=O) groups is 1. The number of sulfonamides is 1. The van der Waals surface area contributed by atoms with Crippen LogP contribution in [0.5, 0.6) is 5.75 Å². The first-order chi connectivity index (χ1) is 14.8. The van der Waals surface area contributed by atoms with Gasteiger partial charge in [0.1, 0.15) is 11.6 Å². The first kappa shape index (κ1) is 22.7. The lowest BCUT2D eigenvalue weighted by Crippen LogP contribution is -2.22. The Bertz CT molecular complexity index is 1060. The van der Waals surface area contributed by atoms with E-state index >= 15 is 0 Å². The molecule has 0 atom stereocenters. The molecule has 0 saturated carbocycles. The van der Waals surface area contributed by atoms with Crippen molar-refractivity contribution in [2.45, 2.75) is 43.7 Å². The van der Waals surface area contributed by atoms with Crippen molar-refractivity contribution in [1.82, 2.24) is 10.0 Å². The molecule has 0 spiro atoms. The number of nitrogens with zero attached hydrogens (tertiary/aromatic N) is 1. The van der Waals surface area contributed by atoms with Gasteiger partial charge in [0.15, 0.2) is 0 Å². The fraction of sp³-hybridized carbons (Fsp3) is 0.333. The van der Waals surface area contributed by atoms with Crippen LogP contribution in [-0.4, -0.2) is 33.3 Å². The number of alkyl halides is 2. The molecule has 1 aliphatic heterocycles. The van der Waals surface area contributed by atoms with E-state index in [2.05, 4.69) is 19.8 Å². The Kier molecular flexibility index (Phi) is 7.56. The van der Waals surface area contributed by atoms with Gasteiger partial charge < -0.3 is 10.1 Å². The topological polar surface area (TPSA) is 96.9 Å². The second-order valence-corrected chi connectivity index (χ2v) is 8.60. The van der Waals surface area contributed by atoms with Gasteiger partial charge in [0.25, 0.3) is 10.0 Å². The molecule has 7 nitrogen and oxygen atoms in total. The van der Waals surface area contributed by atoms with Gasteiger partial charge in [-0.15, -0.1) is 0 Å². The lowest BCUT2D eigenvalue weighted by atomic mass is 10.1. The maximum atomic E-state index is 12.3. The minimum atomic E-state index is -3.53. The van der Waals surface area contributed by atoms with Crippen LogP contribution in [0.3, 0.4) is 0 Å². The summed E-state index contributed by atoms with van der Waals surface area (Å²) in [5, 5.41) is 2.75. The third kappa shape index (κ3) is 6.48. The van der Waals surface area contributed by atoms with Gasteiger partial charge in [0, 0.05) is 25.1 Å². The van der Waals surface area contributed by atoms with Gasteiger partial charge in [0.05, 0.1) is 4.90 Å². The van der Waals surface area contributed by atoms with Crippen molar-refractivity contribution in [2.75, 3.05) is 6.54 Å². The lowest BCUT2D eigenvalue weighted by Gasteiger charge is -2.08. The maximum Gasteiger partial charge on any atom is 0.387 e. The second kappa shape index (κ2) is 10.3. The Morgan fingerprint density at radius 2 is 1.90 bits per heavy atom. The lowest BCUT2D eigenvalue weighted by molar-refractivity contribution is -0.121. The number of fused-ring (bicyclic) bond motifs is 1. The van der Waals surface area contributed by atoms with Crippen LogP contribution in [0, 0.1) is 0 Å². The number of hydrogen-bond donors (Lipinski definition) is 2. The van der Waals surface area contributed by atoms with Gasteiger partial charge in [0.2, 0.25) is 5.91 Å². The number of halogens is 2. The molecule has 166 valence electrons. The third-order valence-corrected chi connectivity index (χ3v) is 6.01. The van der Waals surface area contributed by atoms with Crippen LogP contribution in [0.25, 0.3) is 0 Å². The van der Waals surface area contributed by atoms with E-state index in [1.807, 2.05) is 0 Å². The van der Waals surface area contributed by atoms with Gasteiger partial charge in [-0.05, 0) is 42.7 Å². The van der Waals surface area contributed by atoms with Crippen molar-refractivity contribution in [2.24, 2.45) is 4.99 Å². The van der Waals surface area contributed by atoms with Gasteiger partial charge in [-0.1, -0.05) is 30.7 Å². The molecule has 3 rings (SSSR count). The molecule has 1 amide bonds. The molecule has 0 radical (unpaired) electrons. The number of unbranched alkanes of at least 4 members (excludes halogenated alkanes) is 2. The average molecular weight is 451 g/mol. The van der Waals surface area contributed by atoms with Crippen LogP contribution in [0.15, 0.2) is 58.4 Å². The fourth-order valence-corrected chi connectivity index (χ4v) is 4.39. The quantitative estimate of drug-likeness (QED) is 0.542. The summed E-state index contributed by atoms with van der Waals surface area (Å²) in [6.07, 6.45) is 2.47. The molecule has 10 heteroatoms. The normalized spacial score (nSPS) is 15.5. The highest BCUT2D eigenvalue weighted by Gasteiger charge is 2.29. The summed E-state index contributed by atoms with van der Waals surface area (Å²) in [5.74, 6) is 0.269. The predicted molar refractivity (Wildman–Crippen MR) is 112 cm³/mol. The van der Waals surface area contributed by atoms with E-state index in [0.717, 1.165) is 6.42 Å². The summed E-state index contributed by atoms with van der Waals surface area (Å²) in [7, 11) is -3.53. The number of benzene rings is 2.